The Kier molecular flexibility index (Phi) is 3.68. The largest absolute Gasteiger partial charge is 0.326 e. The summed E-state index contributed by atoms with van der Waals surface area (Å²) in [5.74, 6) is -0.428. The fraction of sp³-hybridized carbons (Fsp3) is 0.538. The summed E-state index contributed by atoms with van der Waals surface area (Å²) in [6.45, 7) is 4.70. The number of hydrogen-bond acceptors (Lipinski definition) is 3. The van der Waals surface area contributed by atoms with Crippen molar-refractivity contribution in [1.29, 1.82) is 0 Å². The van der Waals surface area contributed by atoms with Crippen molar-refractivity contribution in [2.24, 2.45) is 17.1 Å². The maximum Gasteiger partial charge on any atom is 0.243 e. The summed E-state index contributed by atoms with van der Waals surface area (Å²) in [6, 6.07) is 3.91. The molecule has 0 saturated heterocycles. The van der Waals surface area contributed by atoms with Crippen LogP contribution in [0.3, 0.4) is 0 Å². The van der Waals surface area contributed by atoms with Crippen LogP contribution in [0.1, 0.15) is 25.8 Å². The molecule has 106 valence electrons. The van der Waals surface area contributed by atoms with Gasteiger partial charge in [0.05, 0.1) is 0 Å². The average molecular weight is 286 g/mol. The molecular formula is C13H19FN2O2S. The van der Waals surface area contributed by atoms with Crippen LogP contribution in [0.4, 0.5) is 4.39 Å². The molecule has 1 aliphatic rings. The second-order valence-electron chi connectivity index (χ2n) is 5.71. The monoisotopic (exact) mass is 286 g/mol. The highest BCUT2D eigenvalue weighted by molar-refractivity contribution is 7.89. The Bertz CT molecular complexity index is 584. The lowest BCUT2D eigenvalue weighted by Gasteiger charge is -2.09. The van der Waals surface area contributed by atoms with Gasteiger partial charge in [-0.05, 0) is 35.4 Å². The van der Waals surface area contributed by atoms with Crippen molar-refractivity contribution in [2.45, 2.75) is 31.7 Å². The Morgan fingerprint density at radius 3 is 2.63 bits per heavy atom. The van der Waals surface area contributed by atoms with Gasteiger partial charge in [-0.3, -0.25) is 0 Å². The molecule has 4 nitrogen and oxygen atoms in total. The van der Waals surface area contributed by atoms with Crippen LogP contribution in [0.2, 0.25) is 0 Å². The summed E-state index contributed by atoms with van der Waals surface area (Å²) in [5.41, 5.74) is 6.21. The molecule has 1 atom stereocenters. The zero-order valence-corrected chi connectivity index (χ0v) is 11.9. The molecule has 1 aliphatic carbocycles. The van der Waals surface area contributed by atoms with E-state index in [9.17, 15) is 12.8 Å². The number of nitrogens with two attached hydrogens (primary N) is 1. The van der Waals surface area contributed by atoms with Gasteiger partial charge in [-0.25, -0.2) is 17.5 Å². The molecule has 1 aromatic rings. The molecule has 1 fully saturated rings. The average Bonchev–Trinajstić information content (AvgIpc) is 2.95. The lowest BCUT2D eigenvalue weighted by molar-refractivity contribution is 0.530. The summed E-state index contributed by atoms with van der Waals surface area (Å²) in [5, 5.41) is 0. The van der Waals surface area contributed by atoms with E-state index in [1.807, 2.05) is 0 Å². The Balaban J connectivity index is 2.15. The minimum Gasteiger partial charge on any atom is -0.326 e. The zero-order chi connectivity index (χ0) is 14.3. The molecular weight excluding hydrogens is 267 g/mol. The second kappa shape index (κ2) is 4.85. The van der Waals surface area contributed by atoms with Crippen LogP contribution in [0.25, 0.3) is 0 Å². The first-order valence-electron chi connectivity index (χ1n) is 6.24. The Labute approximate surface area is 113 Å². The van der Waals surface area contributed by atoms with E-state index in [0.717, 1.165) is 12.5 Å². The van der Waals surface area contributed by atoms with Gasteiger partial charge >= 0.3 is 0 Å². The third kappa shape index (κ3) is 3.13. The first kappa shape index (κ1) is 14.4. The van der Waals surface area contributed by atoms with Crippen molar-refractivity contribution in [2.75, 3.05) is 6.54 Å². The third-order valence-corrected chi connectivity index (χ3v) is 5.20. The van der Waals surface area contributed by atoms with Crippen LogP contribution < -0.4 is 10.5 Å². The highest BCUT2D eigenvalue weighted by Gasteiger charge is 2.45. The normalized spacial score (nSPS) is 21.4. The van der Waals surface area contributed by atoms with Crippen LogP contribution >= 0.6 is 0 Å². The van der Waals surface area contributed by atoms with Gasteiger partial charge in [-0.15, -0.1) is 0 Å². The van der Waals surface area contributed by atoms with E-state index in [4.69, 9.17) is 5.73 Å². The standard InChI is InChI=1S/C13H19FN2O2S/c1-13(2)6-10(13)8-16-19(17,18)12-5-9(7-15)3-4-11(12)14/h3-5,10,16H,6-8,15H2,1-2H3. The number of benzene rings is 1. The van der Waals surface area contributed by atoms with Crippen molar-refractivity contribution in [3.63, 3.8) is 0 Å². The number of sulfonamides is 1. The molecule has 0 bridgehead atoms. The molecule has 0 aromatic heterocycles. The Hall–Kier alpha value is -0.980. The van der Waals surface area contributed by atoms with Gasteiger partial charge in [0, 0.05) is 13.1 Å². The van der Waals surface area contributed by atoms with Gasteiger partial charge in [-0.1, -0.05) is 19.9 Å². The van der Waals surface area contributed by atoms with E-state index in [2.05, 4.69) is 18.6 Å². The molecule has 1 unspecified atom stereocenters. The summed E-state index contributed by atoms with van der Waals surface area (Å²) >= 11 is 0. The lowest BCUT2D eigenvalue weighted by atomic mass is 10.1. The van der Waals surface area contributed by atoms with Gasteiger partial charge in [0.1, 0.15) is 10.7 Å². The van der Waals surface area contributed by atoms with E-state index in [1.165, 1.54) is 12.1 Å². The summed E-state index contributed by atoms with van der Waals surface area (Å²) in [6.07, 6.45) is 0.987. The predicted octanol–water partition coefficient (Wildman–Crippen LogP) is 1.61. The van der Waals surface area contributed by atoms with E-state index in [-0.39, 0.29) is 16.9 Å². The van der Waals surface area contributed by atoms with E-state index in [0.29, 0.717) is 18.0 Å². The van der Waals surface area contributed by atoms with Crippen molar-refractivity contribution in [3.8, 4) is 0 Å². The number of hydrogen-bond donors (Lipinski definition) is 2. The second-order valence-corrected chi connectivity index (χ2v) is 7.45. The molecule has 1 saturated carbocycles. The maximum absolute atomic E-state index is 13.6. The van der Waals surface area contributed by atoms with Crippen LogP contribution in [-0.2, 0) is 16.6 Å². The first-order chi connectivity index (χ1) is 8.76. The third-order valence-electron chi connectivity index (χ3n) is 3.76. The van der Waals surface area contributed by atoms with Crippen LogP contribution in [0.15, 0.2) is 23.1 Å². The topological polar surface area (TPSA) is 72.2 Å². The highest BCUT2D eigenvalue weighted by atomic mass is 32.2. The molecule has 0 heterocycles. The number of nitrogens with one attached hydrogen (secondary N) is 1. The zero-order valence-electron chi connectivity index (χ0n) is 11.1. The fourth-order valence-electron chi connectivity index (χ4n) is 2.09. The van der Waals surface area contributed by atoms with Crippen molar-refractivity contribution in [3.05, 3.63) is 29.6 Å². The van der Waals surface area contributed by atoms with Crippen molar-refractivity contribution < 1.29 is 12.8 Å². The molecule has 0 amide bonds. The smallest absolute Gasteiger partial charge is 0.243 e. The van der Waals surface area contributed by atoms with Crippen LogP contribution in [0.5, 0.6) is 0 Å². The van der Waals surface area contributed by atoms with Gasteiger partial charge in [-0.2, -0.15) is 0 Å². The molecule has 0 radical (unpaired) electrons. The fourth-order valence-corrected chi connectivity index (χ4v) is 3.30. The molecule has 6 heteroatoms. The predicted molar refractivity (Wildman–Crippen MR) is 71.4 cm³/mol. The number of halogens is 1. The molecule has 19 heavy (non-hydrogen) atoms. The van der Waals surface area contributed by atoms with Gasteiger partial charge < -0.3 is 5.73 Å². The molecule has 0 aliphatic heterocycles. The van der Waals surface area contributed by atoms with E-state index in [1.54, 1.807) is 0 Å². The molecule has 2 rings (SSSR count). The minimum atomic E-state index is -3.81. The van der Waals surface area contributed by atoms with Crippen LogP contribution in [0, 0.1) is 17.2 Å². The molecule has 1 aromatic carbocycles. The van der Waals surface area contributed by atoms with E-state index < -0.39 is 15.8 Å². The SMILES string of the molecule is CC1(C)CC1CNS(=O)(=O)c1cc(CN)ccc1F. The maximum atomic E-state index is 13.6. The summed E-state index contributed by atoms with van der Waals surface area (Å²) < 4.78 is 40.3. The minimum absolute atomic E-state index is 0.179. The Morgan fingerprint density at radius 2 is 2.11 bits per heavy atom. The lowest BCUT2D eigenvalue weighted by Crippen LogP contribution is -2.27. The number of rotatable bonds is 5. The quantitative estimate of drug-likeness (QED) is 0.863. The van der Waals surface area contributed by atoms with Crippen molar-refractivity contribution >= 4 is 10.0 Å². The van der Waals surface area contributed by atoms with E-state index >= 15 is 0 Å². The van der Waals surface area contributed by atoms with Gasteiger partial charge in [0.2, 0.25) is 10.0 Å². The van der Waals surface area contributed by atoms with Crippen LogP contribution in [-0.4, -0.2) is 15.0 Å². The Morgan fingerprint density at radius 1 is 1.47 bits per heavy atom. The highest BCUT2D eigenvalue weighted by Crippen LogP contribution is 2.51. The molecule has 3 N–H and O–H groups in total. The molecule has 0 spiro atoms. The summed E-state index contributed by atoms with van der Waals surface area (Å²) in [7, 11) is -3.81. The van der Waals surface area contributed by atoms with Crippen molar-refractivity contribution in [1.82, 2.24) is 4.72 Å². The van der Waals surface area contributed by atoms with Gasteiger partial charge in [0.25, 0.3) is 0 Å². The summed E-state index contributed by atoms with van der Waals surface area (Å²) in [4.78, 5) is -0.325. The van der Waals surface area contributed by atoms with Gasteiger partial charge in [0.15, 0.2) is 0 Å². The first-order valence-corrected chi connectivity index (χ1v) is 7.73.